The van der Waals surface area contributed by atoms with Gasteiger partial charge in [0, 0.05) is 24.3 Å². The van der Waals surface area contributed by atoms with Crippen LogP contribution in [-0.4, -0.2) is 52.7 Å². The molecule has 13 heteroatoms. The molecule has 1 aromatic carbocycles. The molecule has 2 saturated heterocycles. The first-order valence-electron chi connectivity index (χ1n) is 12.8. The van der Waals surface area contributed by atoms with Gasteiger partial charge in [-0.15, -0.1) is 0 Å². The zero-order valence-corrected chi connectivity index (χ0v) is 22.1. The van der Waals surface area contributed by atoms with E-state index in [1.807, 2.05) is 5.32 Å². The number of nitrogens with one attached hydrogen (secondary N) is 2. The van der Waals surface area contributed by atoms with Gasteiger partial charge in [-0.05, 0) is 76.8 Å². The highest BCUT2D eigenvalue weighted by atomic mass is 19.4. The third-order valence-corrected chi connectivity index (χ3v) is 7.30. The number of carbonyl (C=O) groups excluding carboxylic acids is 2. The zero-order valence-electron chi connectivity index (χ0n) is 22.1. The summed E-state index contributed by atoms with van der Waals surface area (Å²) < 4.78 is 84.0. The van der Waals surface area contributed by atoms with Crippen LogP contribution >= 0.6 is 0 Å². The van der Waals surface area contributed by atoms with Crippen molar-refractivity contribution in [1.82, 2.24) is 15.6 Å². The molecule has 2 fully saturated rings. The van der Waals surface area contributed by atoms with Gasteiger partial charge in [0.2, 0.25) is 0 Å². The van der Waals surface area contributed by atoms with Gasteiger partial charge in [-0.3, -0.25) is 9.59 Å². The van der Waals surface area contributed by atoms with Crippen LogP contribution in [0.4, 0.5) is 32.2 Å². The fourth-order valence-corrected chi connectivity index (χ4v) is 5.17. The molecule has 2 aliphatic rings. The van der Waals surface area contributed by atoms with Crippen LogP contribution in [0.1, 0.15) is 68.8 Å². The molecule has 3 heterocycles. The van der Waals surface area contributed by atoms with Gasteiger partial charge in [0.15, 0.2) is 5.60 Å². The molecule has 1 aromatic heterocycles. The molecule has 3 atom stereocenters. The average molecular weight is 573 g/mol. The van der Waals surface area contributed by atoms with Gasteiger partial charge in [-0.1, -0.05) is 0 Å². The van der Waals surface area contributed by atoms with Crippen LogP contribution in [-0.2, 0) is 4.79 Å². The molecule has 2 aromatic rings. The van der Waals surface area contributed by atoms with E-state index < -0.39 is 47.4 Å². The minimum atomic E-state index is -4.56. The highest BCUT2D eigenvalue weighted by Gasteiger charge is 2.43. The molecule has 2 bridgehead atoms. The molecule has 0 saturated carbocycles. The van der Waals surface area contributed by atoms with Gasteiger partial charge in [0.05, 0.1) is 11.1 Å². The van der Waals surface area contributed by atoms with Crippen LogP contribution in [0.2, 0.25) is 0 Å². The number of piperidine rings is 1. The van der Waals surface area contributed by atoms with E-state index in [4.69, 9.17) is 4.74 Å². The Balaban J connectivity index is 1.37. The number of halogens is 6. The lowest BCUT2D eigenvalue weighted by molar-refractivity contribution is -0.149. The van der Waals surface area contributed by atoms with Crippen LogP contribution in [0.15, 0.2) is 36.5 Å². The second kappa shape index (κ2) is 11.2. The highest BCUT2D eigenvalue weighted by molar-refractivity contribution is 5.94. The van der Waals surface area contributed by atoms with Gasteiger partial charge in [0.25, 0.3) is 18.2 Å². The standard InChI is InChI=1S/C27H30F6N4O3/c1-14(27(31,32)33)35-24(38)15-4-9-22(34-13-15)37-18-6-7-19(37)12-17(11-18)36-25(39)26(2,3)40-21-8-5-16(28)10-20(21)23(29)30/h4-5,8-10,13-14,17-19,23H,6-7,11-12H2,1-3H3,(H,35,38)(H,36,39)/t14-,17?,18?,19?/m0/s1. The topological polar surface area (TPSA) is 83.6 Å². The van der Waals surface area contributed by atoms with Gasteiger partial charge < -0.3 is 20.3 Å². The summed E-state index contributed by atoms with van der Waals surface area (Å²) in [6.07, 6.45) is -3.49. The number of rotatable bonds is 8. The number of fused-ring (bicyclic) bond motifs is 2. The van der Waals surface area contributed by atoms with E-state index in [1.54, 1.807) is 6.07 Å². The van der Waals surface area contributed by atoms with Gasteiger partial charge in [0.1, 0.15) is 23.4 Å². The number of carbonyl (C=O) groups is 2. The molecule has 0 spiro atoms. The first-order valence-corrected chi connectivity index (χ1v) is 12.8. The van der Waals surface area contributed by atoms with E-state index in [9.17, 15) is 35.9 Å². The van der Waals surface area contributed by atoms with Gasteiger partial charge in [-0.25, -0.2) is 18.2 Å². The summed E-state index contributed by atoms with van der Waals surface area (Å²) in [4.78, 5) is 31.7. The smallest absolute Gasteiger partial charge is 0.408 e. The molecule has 4 rings (SSSR count). The van der Waals surface area contributed by atoms with E-state index >= 15 is 0 Å². The lowest BCUT2D eigenvalue weighted by Crippen LogP contribution is -2.55. The minimum Gasteiger partial charge on any atom is -0.478 e. The molecule has 2 amide bonds. The Hall–Kier alpha value is -3.51. The van der Waals surface area contributed by atoms with Crippen molar-refractivity contribution in [2.45, 2.75) is 88.8 Å². The fourth-order valence-electron chi connectivity index (χ4n) is 5.17. The maximum absolute atomic E-state index is 13.4. The van der Waals surface area contributed by atoms with Crippen LogP contribution in [0.25, 0.3) is 0 Å². The molecule has 0 radical (unpaired) electrons. The SMILES string of the molecule is C[C@H](NC(=O)c1ccc(N2C3CCC2CC(NC(=O)C(C)(C)Oc2ccc(F)cc2C(F)F)C3)nc1)C(F)(F)F. The molecule has 0 aliphatic carbocycles. The minimum absolute atomic E-state index is 0.00716. The molecular formula is C27H30F6N4O3. The Morgan fingerprint density at radius 3 is 2.27 bits per heavy atom. The van der Waals surface area contributed by atoms with Crippen molar-refractivity contribution in [1.29, 1.82) is 0 Å². The Morgan fingerprint density at radius 2 is 1.73 bits per heavy atom. The van der Waals surface area contributed by atoms with Crippen molar-refractivity contribution in [2.24, 2.45) is 0 Å². The monoisotopic (exact) mass is 572 g/mol. The van der Waals surface area contributed by atoms with Crippen molar-refractivity contribution in [3.63, 3.8) is 0 Å². The third-order valence-electron chi connectivity index (χ3n) is 7.30. The predicted molar refractivity (Wildman–Crippen MR) is 134 cm³/mol. The van der Waals surface area contributed by atoms with Crippen molar-refractivity contribution in [3.05, 3.63) is 53.5 Å². The Bertz CT molecular complexity index is 1220. The first-order chi connectivity index (χ1) is 18.7. The summed E-state index contributed by atoms with van der Waals surface area (Å²) in [5.41, 5.74) is -2.15. The van der Waals surface area contributed by atoms with Gasteiger partial charge in [-0.2, -0.15) is 13.2 Å². The number of amides is 2. The van der Waals surface area contributed by atoms with E-state index in [0.29, 0.717) is 24.7 Å². The fraction of sp³-hybridized carbons (Fsp3) is 0.519. The zero-order chi connectivity index (χ0) is 29.4. The first kappa shape index (κ1) is 29.5. The lowest BCUT2D eigenvalue weighted by Gasteiger charge is -2.41. The summed E-state index contributed by atoms with van der Waals surface area (Å²) >= 11 is 0. The summed E-state index contributed by atoms with van der Waals surface area (Å²) in [6, 6.07) is 3.58. The molecule has 218 valence electrons. The third kappa shape index (κ3) is 6.44. The highest BCUT2D eigenvalue weighted by Crippen LogP contribution is 2.39. The molecular weight excluding hydrogens is 542 g/mol. The summed E-state index contributed by atoms with van der Waals surface area (Å²) in [7, 11) is 0. The number of anilines is 1. The largest absolute Gasteiger partial charge is 0.478 e. The van der Waals surface area contributed by atoms with Crippen molar-refractivity contribution >= 4 is 17.6 Å². The van der Waals surface area contributed by atoms with E-state index in [1.165, 1.54) is 26.1 Å². The van der Waals surface area contributed by atoms with Crippen LogP contribution in [0, 0.1) is 5.82 Å². The number of ether oxygens (including phenoxy) is 1. The number of hydrogen-bond donors (Lipinski definition) is 2. The molecule has 7 nitrogen and oxygen atoms in total. The number of nitrogens with zero attached hydrogens (tertiary/aromatic N) is 2. The van der Waals surface area contributed by atoms with Crippen LogP contribution < -0.4 is 20.3 Å². The Morgan fingerprint density at radius 1 is 1.07 bits per heavy atom. The number of alkyl halides is 5. The molecule has 2 aliphatic heterocycles. The molecule has 2 N–H and O–H groups in total. The molecule has 40 heavy (non-hydrogen) atoms. The lowest BCUT2D eigenvalue weighted by atomic mass is 9.96. The van der Waals surface area contributed by atoms with Crippen molar-refractivity contribution in [2.75, 3.05) is 4.90 Å². The number of benzene rings is 1. The number of pyridine rings is 1. The Kier molecular flexibility index (Phi) is 8.23. The van der Waals surface area contributed by atoms with Crippen molar-refractivity contribution < 1.29 is 40.7 Å². The number of hydrogen-bond acceptors (Lipinski definition) is 5. The molecule has 2 unspecified atom stereocenters. The van der Waals surface area contributed by atoms with Crippen LogP contribution in [0.3, 0.4) is 0 Å². The Labute approximate surface area is 227 Å². The average Bonchev–Trinajstić information content (AvgIpc) is 3.14. The van der Waals surface area contributed by atoms with Crippen LogP contribution in [0.5, 0.6) is 5.75 Å². The summed E-state index contributed by atoms with van der Waals surface area (Å²) in [6.45, 7) is 3.75. The normalized spacial score (nSPS) is 21.8. The second-order valence-corrected chi connectivity index (χ2v) is 10.7. The quantitative estimate of drug-likeness (QED) is 0.419. The summed E-state index contributed by atoms with van der Waals surface area (Å²) in [5, 5.41) is 4.85. The maximum Gasteiger partial charge on any atom is 0.408 e. The van der Waals surface area contributed by atoms with E-state index in [2.05, 4.69) is 15.2 Å². The predicted octanol–water partition coefficient (Wildman–Crippen LogP) is 5.31. The number of aromatic nitrogens is 1. The van der Waals surface area contributed by atoms with Crippen molar-refractivity contribution in [3.8, 4) is 5.75 Å². The summed E-state index contributed by atoms with van der Waals surface area (Å²) in [5.74, 6) is -1.91. The maximum atomic E-state index is 13.4. The van der Waals surface area contributed by atoms with E-state index in [0.717, 1.165) is 31.9 Å². The second-order valence-electron chi connectivity index (χ2n) is 10.7. The van der Waals surface area contributed by atoms with Gasteiger partial charge >= 0.3 is 6.18 Å². The van der Waals surface area contributed by atoms with E-state index in [-0.39, 0.29) is 29.4 Å².